The van der Waals surface area contributed by atoms with Crippen molar-refractivity contribution in [1.82, 2.24) is 9.97 Å². The number of nitrogens with zero attached hydrogens (tertiary/aromatic N) is 2. The van der Waals surface area contributed by atoms with Crippen LogP contribution >= 0.6 is 11.3 Å². The van der Waals surface area contributed by atoms with Crippen molar-refractivity contribution in [1.29, 1.82) is 0 Å². The molecule has 0 aliphatic rings. The third-order valence-corrected chi connectivity index (χ3v) is 5.52. The van der Waals surface area contributed by atoms with Gasteiger partial charge in [0.05, 0.1) is 5.69 Å². The first-order valence-electron chi connectivity index (χ1n) is 8.99. The number of amides is 2. The highest BCUT2D eigenvalue weighted by atomic mass is 32.1. The Morgan fingerprint density at radius 3 is 2.78 bits per heavy atom. The average Bonchev–Trinajstić information content (AvgIpc) is 3.20. The van der Waals surface area contributed by atoms with Crippen molar-refractivity contribution in [3.8, 4) is 0 Å². The highest BCUT2D eigenvalue weighted by Gasteiger charge is 2.21. The second kappa shape index (κ2) is 7.92. The van der Waals surface area contributed by atoms with Gasteiger partial charge in [-0.25, -0.2) is 4.98 Å². The largest absolute Gasteiger partial charge is 0.361 e. The Morgan fingerprint density at radius 1 is 1.30 bits per heavy atom. The molecule has 7 heteroatoms. The molecule has 3 aromatic rings. The molecule has 0 spiro atoms. The Labute approximate surface area is 162 Å². The maximum Gasteiger partial charge on any atom is 0.267 e. The van der Waals surface area contributed by atoms with Gasteiger partial charge in [-0.05, 0) is 43.5 Å². The summed E-state index contributed by atoms with van der Waals surface area (Å²) in [7, 11) is 0. The minimum atomic E-state index is -0.210. The fourth-order valence-electron chi connectivity index (χ4n) is 2.80. The second-order valence-electron chi connectivity index (χ2n) is 7.00. The van der Waals surface area contributed by atoms with Crippen LogP contribution in [0.4, 0.5) is 10.8 Å². The summed E-state index contributed by atoms with van der Waals surface area (Å²) >= 11 is 1.26. The zero-order chi connectivity index (χ0) is 19.6. The van der Waals surface area contributed by atoms with Gasteiger partial charge < -0.3 is 10.3 Å². The van der Waals surface area contributed by atoms with Gasteiger partial charge in [0.15, 0.2) is 5.13 Å². The molecule has 0 atom stereocenters. The Balaban J connectivity index is 1.79. The van der Waals surface area contributed by atoms with Crippen LogP contribution in [-0.4, -0.2) is 28.3 Å². The molecule has 0 saturated heterocycles. The predicted molar refractivity (Wildman–Crippen MR) is 111 cm³/mol. The first-order valence-corrected chi connectivity index (χ1v) is 9.81. The molecule has 6 nitrogen and oxygen atoms in total. The van der Waals surface area contributed by atoms with E-state index in [-0.39, 0.29) is 11.8 Å². The van der Waals surface area contributed by atoms with E-state index < -0.39 is 0 Å². The van der Waals surface area contributed by atoms with Crippen molar-refractivity contribution in [3.05, 3.63) is 41.0 Å². The van der Waals surface area contributed by atoms with Gasteiger partial charge in [0.1, 0.15) is 4.88 Å². The molecule has 0 bridgehead atoms. The van der Waals surface area contributed by atoms with Crippen LogP contribution in [0.5, 0.6) is 0 Å². The molecule has 142 valence electrons. The minimum Gasteiger partial charge on any atom is -0.361 e. The number of H-pyrrole nitrogens is 1. The van der Waals surface area contributed by atoms with E-state index in [0.29, 0.717) is 28.2 Å². The summed E-state index contributed by atoms with van der Waals surface area (Å²) in [6.07, 6.45) is 2.75. The number of aryl methyl sites for hydroxylation is 1. The average molecular weight is 385 g/mol. The number of aromatic nitrogens is 2. The molecule has 0 radical (unpaired) electrons. The number of benzene rings is 1. The van der Waals surface area contributed by atoms with E-state index in [4.69, 9.17) is 0 Å². The predicted octanol–water partition coefficient (Wildman–Crippen LogP) is 4.58. The Morgan fingerprint density at radius 2 is 2.07 bits per heavy atom. The third-order valence-electron chi connectivity index (χ3n) is 4.34. The molecule has 2 heterocycles. The first-order chi connectivity index (χ1) is 12.8. The lowest BCUT2D eigenvalue weighted by atomic mass is 10.1. The molecule has 27 heavy (non-hydrogen) atoms. The molecule has 2 N–H and O–H groups in total. The second-order valence-corrected chi connectivity index (χ2v) is 7.98. The van der Waals surface area contributed by atoms with Gasteiger partial charge in [-0.1, -0.05) is 25.2 Å². The number of fused-ring (bicyclic) bond motifs is 1. The summed E-state index contributed by atoms with van der Waals surface area (Å²) in [6.45, 7) is 8.16. The van der Waals surface area contributed by atoms with Crippen molar-refractivity contribution in [2.45, 2.75) is 34.1 Å². The van der Waals surface area contributed by atoms with E-state index in [1.807, 2.05) is 30.5 Å². The van der Waals surface area contributed by atoms with Gasteiger partial charge in [-0.2, -0.15) is 0 Å². The molecular formula is C20H24N4O2S. The summed E-state index contributed by atoms with van der Waals surface area (Å²) in [5.74, 6) is 0.215. The van der Waals surface area contributed by atoms with Crippen LogP contribution in [0, 0.1) is 12.8 Å². The number of hydrogen-bond acceptors (Lipinski definition) is 4. The molecule has 2 amide bonds. The standard InChI is InChI=1S/C20H24N4O2S/c1-12(2)8-10-24(14(4)25)20-22-13(3)18(27-20)19(26)23-16-5-6-17-15(11-16)7-9-21-17/h5-7,9,11-12,21H,8,10H2,1-4H3,(H,23,26). The fraction of sp³-hybridized carbons (Fsp3) is 0.350. The van der Waals surface area contributed by atoms with Crippen LogP contribution in [0.2, 0.25) is 0 Å². The van der Waals surface area contributed by atoms with Crippen LogP contribution in [0.3, 0.4) is 0 Å². The molecule has 2 aromatic heterocycles. The molecule has 1 aromatic carbocycles. The SMILES string of the molecule is CC(=O)N(CCC(C)C)c1nc(C)c(C(=O)Nc2ccc3[nH]ccc3c2)s1. The molecule has 0 aliphatic carbocycles. The van der Waals surface area contributed by atoms with Gasteiger partial charge in [0.2, 0.25) is 5.91 Å². The van der Waals surface area contributed by atoms with Crippen molar-refractivity contribution in [2.24, 2.45) is 5.92 Å². The number of anilines is 2. The van der Waals surface area contributed by atoms with Crippen LogP contribution < -0.4 is 10.2 Å². The quantitative estimate of drug-likeness (QED) is 0.653. The molecular weight excluding hydrogens is 360 g/mol. The molecule has 0 saturated carbocycles. The van der Waals surface area contributed by atoms with Crippen LogP contribution in [0.15, 0.2) is 30.5 Å². The molecule has 0 aliphatic heterocycles. The third kappa shape index (κ3) is 4.36. The van der Waals surface area contributed by atoms with E-state index in [1.54, 1.807) is 11.8 Å². The zero-order valence-electron chi connectivity index (χ0n) is 16.0. The number of nitrogens with one attached hydrogen (secondary N) is 2. The van der Waals surface area contributed by atoms with Gasteiger partial charge in [-0.15, -0.1) is 0 Å². The molecule has 3 rings (SSSR count). The number of carbonyl (C=O) groups is 2. The monoisotopic (exact) mass is 384 g/mol. The lowest BCUT2D eigenvalue weighted by molar-refractivity contribution is -0.116. The number of rotatable bonds is 6. The van der Waals surface area contributed by atoms with Crippen molar-refractivity contribution in [2.75, 3.05) is 16.8 Å². The van der Waals surface area contributed by atoms with Crippen LogP contribution in [0.25, 0.3) is 10.9 Å². The highest BCUT2D eigenvalue weighted by Crippen LogP contribution is 2.28. The van der Waals surface area contributed by atoms with Crippen molar-refractivity contribution < 1.29 is 9.59 Å². The lowest BCUT2D eigenvalue weighted by Gasteiger charge is -2.18. The van der Waals surface area contributed by atoms with E-state index in [1.165, 1.54) is 18.3 Å². The van der Waals surface area contributed by atoms with Gasteiger partial charge in [0.25, 0.3) is 5.91 Å². The fourth-order valence-corrected chi connectivity index (χ4v) is 3.83. The summed E-state index contributed by atoms with van der Waals surface area (Å²) in [5, 5.41) is 4.54. The summed E-state index contributed by atoms with van der Waals surface area (Å²) in [5.41, 5.74) is 2.38. The normalized spacial score (nSPS) is 11.1. The highest BCUT2D eigenvalue weighted by molar-refractivity contribution is 7.17. The zero-order valence-corrected chi connectivity index (χ0v) is 16.8. The van der Waals surface area contributed by atoms with Gasteiger partial charge in [-0.3, -0.25) is 14.5 Å². The van der Waals surface area contributed by atoms with E-state index in [2.05, 4.69) is 29.1 Å². The number of hydrogen-bond donors (Lipinski definition) is 2. The minimum absolute atomic E-state index is 0.0609. The van der Waals surface area contributed by atoms with Crippen LogP contribution in [-0.2, 0) is 4.79 Å². The summed E-state index contributed by atoms with van der Waals surface area (Å²) in [4.78, 5) is 34.5. The molecule has 0 fully saturated rings. The summed E-state index contributed by atoms with van der Waals surface area (Å²) in [6, 6.07) is 7.67. The maximum absolute atomic E-state index is 12.7. The summed E-state index contributed by atoms with van der Waals surface area (Å²) < 4.78 is 0. The lowest BCUT2D eigenvalue weighted by Crippen LogP contribution is -2.30. The van der Waals surface area contributed by atoms with E-state index >= 15 is 0 Å². The number of thiazole rings is 1. The van der Waals surface area contributed by atoms with E-state index in [0.717, 1.165) is 23.0 Å². The first kappa shape index (κ1) is 19.1. The Hall–Kier alpha value is -2.67. The van der Waals surface area contributed by atoms with Crippen molar-refractivity contribution in [3.63, 3.8) is 0 Å². The van der Waals surface area contributed by atoms with Gasteiger partial charge in [0, 0.05) is 36.3 Å². The Kier molecular flexibility index (Phi) is 5.60. The number of carbonyl (C=O) groups excluding carboxylic acids is 2. The van der Waals surface area contributed by atoms with E-state index in [9.17, 15) is 9.59 Å². The molecule has 0 unspecified atom stereocenters. The Bertz CT molecular complexity index is 973. The van der Waals surface area contributed by atoms with Gasteiger partial charge >= 0.3 is 0 Å². The number of aromatic amines is 1. The maximum atomic E-state index is 12.7. The van der Waals surface area contributed by atoms with Crippen LogP contribution in [0.1, 0.15) is 42.6 Å². The van der Waals surface area contributed by atoms with Crippen molar-refractivity contribution >= 4 is 44.9 Å². The topological polar surface area (TPSA) is 78.1 Å². The smallest absolute Gasteiger partial charge is 0.267 e.